The van der Waals surface area contributed by atoms with Crippen LogP contribution in [0.1, 0.15) is 28.5 Å². The van der Waals surface area contributed by atoms with Crippen LogP contribution < -0.4 is 0 Å². The number of aryl methyl sites for hydroxylation is 1. The van der Waals surface area contributed by atoms with Crippen LogP contribution in [0.2, 0.25) is 0 Å². The molecule has 0 saturated carbocycles. The van der Waals surface area contributed by atoms with Crippen molar-refractivity contribution in [2.75, 3.05) is 7.11 Å². The molecule has 3 aromatic rings. The second-order valence-corrected chi connectivity index (χ2v) is 5.69. The molecule has 3 heterocycles. The zero-order valence-electron chi connectivity index (χ0n) is 12.7. The number of ether oxygens (including phenoxy) is 2. The Bertz CT molecular complexity index is 873. The minimum atomic E-state index is -0.477. The van der Waals surface area contributed by atoms with E-state index in [1.807, 2.05) is 6.07 Å². The van der Waals surface area contributed by atoms with E-state index in [0.29, 0.717) is 5.56 Å². The van der Waals surface area contributed by atoms with E-state index in [-0.39, 0.29) is 37.1 Å². The van der Waals surface area contributed by atoms with Gasteiger partial charge in [-0.2, -0.15) is 4.98 Å². The van der Waals surface area contributed by atoms with E-state index in [4.69, 9.17) is 9.26 Å². The van der Waals surface area contributed by atoms with Gasteiger partial charge >= 0.3 is 11.9 Å². The standard InChI is InChI=1S/C15H13N3O5S/c1-21-14(19)3-2-13-17-12(18-23-13)7-22-15(20)10-8-24-11-4-5-16-6-9(10)11/h4-6,8H,2-3,7H2,1H3. The Morgan fingerprint density at radius 1 is 1.38 bits per heavy atom. The number of hydrogen-bond donors (Lipinski definition) is 0. The van der Waals surface area contributed by atoms with Gasteiger partial charge in [0, 0.05) is 34.3 Å². The molecule has 0 amide bonds. The minimum absolute atomic E-state index is 0.113. The van der Waals surface area contributed by atoms with Crippen LogP contribution in [0, 0.1) is 0 Å². The van der Waals surface area contributed by atoms with Crippen LogP contribution in [0.15, 0.2) is 28.4 Å². The molecular weight excluding hydrogens is 334 g/mol. The van der Waals surface area contributed by atoms with Crippen LogP contribution in [0.5, 0.6) is 0 Å². The van der Waals surface area contributed by atoms with Crippen LogP contribution in [0.4, 0.5) is 0 Å². The Labute approximate surface area is 140 Å². The van der Waals surface area contributed by atoms with Gasteiger partial charge in [0.05, 0.1) is 19.1 Å². The lowest BCUT2D eigenvalue weighted by Gasteiger charge is -2.00. The van der Waals surface area contributed by atoms with Gasteiger partial charge in [-0.3, -0.25) is 9.78 Å². The average Bonchev–Trinajstić information content (AvgIpc) is 3.24. The summed E-state index contributed by atoms with van der Waals surface area (Å²) >= 11 is 1.45. The fraction of sp³-hybridized carbons (Fsp3) is 0.267. The van der Waals surface area contributed by atoms with Crippen molar-refractivity contribution in [1.29, 1.82) is 0 Å². The third-order valence-electron chi connectivity index (χ3n) is 3.21. The van der Waals surface area contributed by atoms with Crippen molar-refractivity contribution >= 4 is 33.4 Å². The first-order chi connectivity index (χ1) is 11.7. The number of thiophene rings is 1. The average molecular weight is 347 g/mol. The van der Waals surface area contributed by atoms with Gasteiger partial charge in [-0.25, -0.2) is 4.79 Å². The second kappa shape index (κ2) is 7.18. The normalized spacial score (nSPS) is 10.7. The molecule has 0 fully saturated rings. The lowest BCUT2D eigenvalue weighted by atomic mass is 10.2. The van der Waals surface area contributed by atoms with E-state index < -0.39 is 5.97 Å². The molecule has 0 unspecified atom stereocenters. The van der Waals surface area contributed by atoms with E-state index in [1.165, 1.54) is 18.4 Å². The fourth-order valence-corrected chi connectivity index (χ4v) is 2.90. The highest BCUT2D eigenvalue weighted by molar-refractivity contribution is 7.17. The summed E-state index contributed by atoms with van der Waals surface area (Å²) in [5, 5.41) is 6.19. The summed E-state index contributed by atoms with van der Waals surface area (Å²) in [6.45, 7) is -0.113. The summed E-state index contributed by atoms with van der Waals surface area (Å²) in [6, 6.07) is 1.84. The number of fused-ring (bicyclic) bond motifs is 1. The third kappa shape index (κ3) is 3.57. The number of carbonyl (C=O) groups excluding carboxylic acids is 2. The summed E-state index contributed by atoms with van der Waals surface area (Å²) < 4.78 is 15.7. The molecule has 24 heavy (non-hydrogen) atoms. The number of hydrogen-bond acceptors (Lipinski definition) is 9. The zero-order chi connectivity index (χ0) is 16.9. The van der Waals surface area contributed by atoms with Crippen molar-refractivity contribution < 1.29 is 23.6 Å². The summed E-state index contributed by atoms with van der Waals surface area (Å²) in [5.41, 5.74) is 0.456. The first-order valence-electron chi connectivity index (χ1n) is 7.04. The summed E-state index contributed by atoms with van der Waals surface area (Å²) in [5.74, 6) is -0.313. The molecule has 0 saturated heterocycles. The van der Waals surface area contributed by atoms with Crippen LogP contribution in [0.25, 0.3) is 10.1 Å². The Balaban J connectivity index is 1.58. The highest BCUT2D eigenvalue weighted by Crippen LogP contribution is 2.25. The van der Waals surface area contributed by atoms with Gasteiger partial charge < -0.3 is 14.0 Å². The maximum atomic E-state index is 12.2. The number of esters is 2. The molecule has 0 aliphatic heterocycles. The van der Waals surface area contributed by atoms with E-state index in [1.54, 1.807) is 17.8 Å². The number of methoxy groups -OCH3 is 1. The van der Waals surface area contributed by atoms with Gasteiger partial charge in [0.2, 0.25) is 11.7 Å². The van der Waals surface area contributed by atoms with Crippen molar-refractivity contribution in [1.82, 2.24) is 15.1 Å². The molecule has 0 aliphatic rings. The van der Waals surface area contributed by atoms with Gasteiger partial charge in [-0.1, -0.05) is 5.16 Å². The zero-order valence-corrected chi connectivity index (χ0v) is 13.5. The van der Waals surface area contributed by atoms with Gasteiger partial charge in [0.15, 0.2) is 6.61 Å². The summed E-state index contributed by atoms with van der Waals surface area (Å²) in [4.78, 5) is 31.3. The topological polar surface area (TPSA) is 104 Å². The maximum Gasteiger partial charge on any atom is 0.340 e. The molecule has 8 nitrogen and oxygen atoms in total. The van der Waals surface area contributed by atoms with Crippen molar-refractivity contribution in [2.45, 2.75) is 19.4 Å². The minimum Gasteiger partial charge on any atom is -0.469 e. The molecule has 0 aromatic carbocycles. The Morgan fingerprint density at radius 3 is 3.08 bits per heavy atom. The molecule has 0 atom stereocenters. The van der Waals surface area contributed by atoms with Gasteiger partial charge in [0.25, 0.3) is 0 Å². The van der Waals surface area contributed by atoms with E-state index in [2.05, 4.69) is 19.9 Å². The van der Waals surface area contributed by atoms with Gasteiger partial charge in [-0.05, 0) is 6.07 Å². The van der Waals surface area contributed by atoms with Crippen molar-refractivity contribution in [3.63, 3.8) is 0 Å². The molecule has 0 radical (unpaired) electrons. The van der Waals surface area contributed by atoms with Crippen molar-refractivity contribution in [3.8, 4) is 0 Å². The number of pyridine rings is 1. The van der Waals surface area contributed by atoms with Gasteiger partial charge in [-0.15, -0.1) is 11.3 Å². The molecule has 124 valence electrons. The molecule has 9 heteroatoms. The number of carbonyl (C=O) groups is 2. The fourth-order valence-electron chi connectivity index (χ4n) is 2.00. The predicted molar refractivity (Wildman–Crippen MR) is 83.4 cm³/mol. The maximum absolute atomic E-state index is 12.2. The Hall–Kier alpha value is -2.81. The molecule has 3 rings (SSSR count). The van der Waals surface area contributed by atoms with Crippen LogP contribution in [0.3, 0.4) is 0 Å². The largest absolute Gasteiger partial charge is 0.469 e. The smallest absolute Gasteiger partial charge is 0.340 e. The van der Waals surface area contributed by atoms with Crippen molar-refractivity contribution in [3.05, 3.63) is 41.1 Å². The monoisotopic (exact) mass is 347 g/mol. The number of rotatable bonds is 6. The lowest BCUT2D eigenvalue weighted by Crippen LogP contribution is -2.06. The Kier molecular flexibility index (Phi) is 4.80. The Morgan fingerprint density at radius 2 is 2.25 bits per heavy atom. The summed E-state index contributed by atoms with van der Waals surface area (Å²) in [6.07, 6.45) is 3.71. The highest BCUT2D eigenvalue weighted by atomic mass is 32.1. The van der Waals surface area contributed by atoms with Crippen LogP contribution in [-0.2, 0) is 27.3 Å². The second-order valence-electron chi connectivity index (χ2n) is 4.78. The quantitative estimate of drug-likeness (QED) is 0.625. The highest BCUT2D eigenvalue weighted by Gasteiger charge is 2.16. The number of nitrogens with zero attached hydrogens (tertiary/aromatic N) is 3. The van der Waals surface area contributed by atoms with Crippen LogP contribution >= 0.6 is 11.3 Å². The van der Waals surface area contributed by atoms with E-state index >= 15 is 0 Å². The first-order valence-corrected chi connectivity index (χ1v) is 7.92. The predicted octanol–water partition coefficient (Wildman–Crippen LogP) is 2.14. The molecular formula is C15H13N3O5S. The summed E-state index contributed by atoms with van der Waals surface area (Å²) in [7, 11) is 1.31. The van der Waals surface area contributed by atoms with E-state index in [9.17, 15) is 9.59 Å². The first kappa shape index (κ1) is 16.1. The third-order valence-corrected chi connectivity index (χ3v) is 4.17. The van der Waals surface area contributed by atoms with Gasteiger partial charge in [0.1, 0.15) is 0 Å². The number of aromatic nitrogens is 3. The molecule has 3 aromatic heterocycles. The van der Waals surface area contributed by atoms with Crippen molar-refractivity contribution in [2.24, 2.45) is 0 Å². The molecule has 0 aliphatic carbocycles. The van der Waals surface area contributed by atoms with E-state index in [0.717, 1.165) is 10.1 Å². The SMILES string of the molecule is COC(=O)CCc1nc(COC(=O)c2csc3ccncc23)no1. The molecule has 0 N–H and O–H groups in total. The lowest BCUT2D eigenvalue weighted by molar-refractivity contribution is -0.140. The van der Waals surface area contributed by atoms with Crippen LogP contribution in [-0.4, -0.2) is 34.2 Å². The molecule has 0 bridgehead atoms. The molecule has 0 spiro atoms.